The van der Waals surface area contributed by atoms with Gasteiger partial charge in [-0.15, -0.1) is 0 Å². The third-order valence-corrected chi connectivity index (χ3v) is 5.15. The van der Waals surface area contributed by atoms with Crippen LogP contribution in [0, 0.1) is 5.82 Å². The Morgan fingerprint density at radius 1 is 1.12 bits per heavy atom. The molecule has 1 unspecified atom stereocenters. The largest absolute Gasteiger partial charge is 0.494 e. The van der Waals surface area contributed by atoms with Gasteiger partial charge in [-0.3, -0.25) is 9.36 Å². The molecule has 1 N–H and O–H groups in total. The second kappa shape index (κ2) is 9.05. The molecule has 0 saturated carbocycles. The van der Waals surface area contributed by atoms with Gasteiger partial charge in [-0.05, 0) is 67.9 Å². The molecule has 2 heterocycles. The third kappa shape index (κ3) is 4.25. The quantitative estimate of drug-likeness (QED) is 0.482. The van der Waals surface area contributed by atoms with Gasteiger partial charge >= 0.3 is 5.69 Å². The van der Waals surface area contributed by atoms with Crippen LogP contribution in [-0.4, -0.2) is 26.6 Å². The maximum absolute atomic E-state index is 13.3. The van der Waals surface area contributed by atoms with E-state index in [2.05, 4.69) is 10.3 Å². The molecule has 4 rings (SSSR count). The first-order chi connectivity index (χ1) is 15.5. The van der Waals surface area contributed by atoms with Gasteiger partial charge in [0.25, 0.3) is 0 Å². The van der Waals surface area contributed by atoms with Crippen LogP contribution >= 0.6 is 0 Å². The number of rotatable bonds is 7. The highest BCUT2D eigenvalue weighted by Gasteiger charge is 2.18. The van der Waals surface area contributed by atoms with Crippen LogP contribution in [0.15, 0.2) is 71.7 Å². The van der Waals surface area contributed by atoms with Crippen molar-refractivity contribution in [3.05, 3.63) is 88.7 Å². The summed E-state index contributed by atoms with van der Waals surface area (Å²) in [6, 6.07) is 16.2. The summed E-state index contributed by atoms with van der Waals surface area (Å²) in [6.45, 7) is 4.21. The van der Waals surface area contributed by atoms with Crippen molar-refractivity contribution in [2.24, 2.45) is 0 Å². The number of halogens is 1. The lowest BCUT2D eigenvalue weighted by Gasteiger charge is -2.15. The van der Waals surface area contributed by atoms with E-state index in [0.29, 0.717) is 23.5 Å². The number of nitrogens with zero attached hydrogens (tertiary/aromatic N) is 3. The molecule has 0 fully saturated rings. The topological polar surface area (TPSA) is 78.1 Å². The SMILES string of the molecule is CCOc1ccc(C(C)NC(=O)Cn2c(=O)n(-c3ccc(F)cc3)c3ncccc32)cc1. The Morgan fingerprint density at radius 2 is 1.84 bits per heavy atom. The summed E-state index contributed by atoms with van der Waals surface area (Å²) in [5, 5.41) is 2.93. The van der Waals surface area contributed by atoms with Crippen molar-refractivity contribution in [2.45, 2.75) is 26.4 Å². The smallest absolute Gasteiger partial charge is 0.335 e. The molecule has 8 heteroatoms. The molecule has 2 aromatic carbocycles. The van der Waals surface area contributed by atoms with E-state index in [1.165, 1.54) is 33.4 Å². The Hall–Kier alpha value is -3.94. The first-order valence-electron chi connectivity index (χ1n) is 10.3. The highest BCUT2D eigenvalue weighted by molar-refractivity contribution is 5.80. The number of nitrogens with one attached hydrogen (secondary N) is 1. The van der Waals surface area contributed by atoms with Crippen molar-refractivity contribution in [1.82, 2.24) is 19.4 Å². The number of aromatic nitrogens is 3. The number of carbonyl (C=O) groups is 1. The number of pyridine rings is 1. The number of ether oxygens (including phenoxy) is 1. The second-order valence-corrected chi connectivity index (χ2v) is 7.32. The van der Waals surface area contributed by atoms with Crippen molar-refractivity contribution in [2.75, 3.05) is 6.61 Å². The molecular formula is C24H23FN4O3. The Labute approximate surface area is 184 Å². The molecule has 0 aliphatic rings. The summed E-state index contributed by atoms with van der Waals surface area (Å²) >= 11 is 0. The van der Waals surface area contributed by atoms with Crippen molar-refractivity contribution in [3.63, 3.8) is 0 Å². The molecule has 0 spiro atoms. The fourth-order valence-electron chi connectivity index (χ4n) is 3.59. The molecule has 4 aromatic rings. The van der Waals surface area contributed by atoms with Crippen LogP contribution in [0.25, 0.3) is 16.9 Å². The van der Waals surface area contributed by atoms with Gasteiger partial charge in [0.2, 0.25) is 5.91 Å². The third-order valence-electron chi connectivity index (χ3n) is 5.15. The van der Waals surface area contributed by atoms with Crippen molar-refractivity contribution < 1.29 is 13.9 Å². The lowest BCUT2D eigenvalue weighted by Crippen LogP contribution is -2.34. The maximum Gasteiger partial charge on any atom is 0.335 e. The predicted octanol–water partition coefficient (Wildman–Crippen LogP) is 3.60. The lowest BCUT2D eigenvalue weighted by atomic mass is 10.1. The number of benzene rings is 2. The van der Waals surface area contributed by atoms with Gasteiger partial charge in [0.1, 0.15) is 18.1 Å². The summed E-state index contributed by atoms with van der Waals surface area (Å²) in [4.78, 5) is 30.2. The molecule has 0 bridgehead atoms. The normalized spacial score (nSPS) is 12.0. The van der Waals surface area contributed by atoms with Crippen LogP contribution in [0.4, 0.5) is 4.39 Å². The van der Waals surface area contributed by atoms with Crippen molar-refractivity contribution in [3.8, 4) is 11.4 Å². The fourth-order valence-corrected chi connectivity index (χ4v) is 3.59. The highest BCUT2D eigenvalue weighted by atomic mass is 19.1. The van der Waals surface area contributed by atoms with Gasteiger partial charge in [0.15, 0.2) is 5.65 Å². The van der Waals surface area contributed by atoms with E-state index in [0.717, 1.165) is 11.3 Å². The molecule has 0 radical (unpaired) electrons. The minimum absolute atomic E-state index is 0.170. The van der Waals surface area contributed by atoms with Gasteiger partial charge in [-0.25, -0.2) is 18.7 Å². The Balaban J connectivity index is 1.59. The zero-order valence-corrected chi connectivity index (χ0v) is 17.8. The van der Waals surface area contributed by atoms with Crippen LogP contribution < -0.4 is 15.7 Å². The average Bonchev–Trinajstić information content (AvgIpc) is 3.06. The van der Waals surface area contributed by atoms with Crippen LogP contribution in [0.5, 0.6) is 5.75 Å². The summed E-state index contributed by atoms with van der Waals surface area (Å²) in [5.74, 6) is 0.0547. The van der Waals surface area contributed by atoms with Crippen LogP contribution in [0.2, 0.25) is 0 Å². The molecule has 0 aliphatic heterocycles. The fraction of sp³-hybridized carbons (Fsp3) is 0.208. The molecule has 1 amide bonds. The van der Waals surface area contributed by atoms with Gasteiger partial charge in [0.05, 0.1) is 23.9 Å². The first-order valence-corrected chi connectivity index (χ1v) is 10.3. The van der Waals surface area contributed by atoms with E-state index < -0.39 is 11.5 Å². The molecule has 7 nitrogen and oxygen atoms in total. The van der Waals surface area contributed by atoms with E-state index in [4.69, 9.17) is 4.74 Å². The Bertz CT molecular complexity index is 1290. The minimum atomic E-state index is -0.422. The molecule has 32 heavy (non-hydrogen) atoms. The van der Waals surface area contributed by atoms with Crippen LogP contribution in [0.3, 0.4) is 0 Å². The Morgan fingerprint density at radius 3 is 2.53 bits per heavy atom. The Kier molecular flexibility index (Phi) is 6.02. The monoisotopic (exact) mass is 434 g/mol. The highest BCUT2D eigenvalue weighted by Crippen LogP contribution is 2.19. The zero-order valence-electron chi connectivity index (χ0n) is 17.8. The van der Waals surface area contributed by atoms with Gasteiger partial charge < -0.3 is 10.1 Å². The molecular weight excluding hydrogens is 411 g/mol. The second-order valence-electron chi connectivity index (χ2n) is 7.32. The molecule has 2 aromatic heterocycles. The summed E-state index contributed by atoms with van der Waals surface area (Å²) in [5.41, 5.74) is 1.89. The van der Waals surface area contributed by atoms with E-state index in [1.54, 1.807) is 18.3 Å². The molecule has 0 aliphatic carbocycles. The van der Waals surface area contributed by atoms with E-state index in [1.807, 2.05) is 38.1 Å². The van der Waals surface area contributed by atoms with Crippen molar-refractivity contribution in [1.29, 1.82) is 0 Å². The standard InChI is InChI=1S/C24H23FN4O3/c1-3-32-20-12-6-17(7-13-20)16(2)27-22(30)15-28-21-5-4-14-26-23(21)29(24(28)31)19-10-8-18(25)9-11-19/h4-14,16H,3,15H2,1-2H3,(H,27,30). The first kappa shape index (κ1) is 21.3. The number of hydrogen-bond acceptors (Lipinski definition) is 4. The zero-order chi connectivity index (χ0) is 22.7. The lowest BCUT2D eigenvalue weighted by molar-refractivity contribution is -0.122. The summed E-state index contributed by atoms with van der Waals surface area (Å²) < 4.78 is 21.5. The number of fused-ring (bicyclic) bond motifs is 1. The predicted molar refractivity (Wildman–Crippen MR) is 119 cm³/mol. The number of imidazole rings is 1. The number of amides is 1. The maximum atomic E-state index is 13.3. The van der Waals surface area contributed by atoms with E-state index in [9.17, 15) is 14.0 Å². The molecule has 1 atom stereocenters. The summed E-state index contributed by atoms with van der Waals surface area (Å²) in [6.07, 6.45) is 1.57. The average molecular weight is 434 g/mol. The van der Waals surface area contributed by atoms with E-state index in [-0.39, 0.29) is 18.5 Å². The number of carbonyl (C=O) groups excluding carboxylic acids is 1. The van der Waals surface area contributed by atoms with Crippen LogP contribution in [-0.2, 0) is 11.3 Å². The van der Waals surface area contributed by atoms with Crippen molar-refractivity contribution >= 4 is 17.1 Å². The minimum Gasteiger partial charge on any atom is -0.494 e. The summed E-state index contributed by atoms with van der Waals surface area (Å²) in [7, 11) is 0. The van der Waals surface area contributed by atoms with Gasteiger partial charge in [-0.1, -0.05) is 12.1 Å². The molecule has 164 valence electrons. The van der Waals surface area contributed by atoms with E-state index >= 15 is 0 Å². The van der Waals surface area contributed by atoms with Gasteiger partial charge in [0, 0.05) is 6.20 Å². The van der Waals surface area contributed by atoms with Crippen LogP contribution in [0.1, 0.15) is 25.5 Å². The van der Waals surface area contributed by atoms with Gasteiger partial charge in [-0.2, -0.15) is 0 Å². The molecule has 0 saturated heterocycles. The number of hydrogen-bond donors (Lipinski definition) is 1.